The van der Waals surface area contributed by atoms with Crippen LogP contribution in [0.5, 0.6) is 0 Å². The minimum atomic E-state index is -1.38. The first-order valence-corrected chi connectivity index (χ1v) is 16.1. The summed E-state index contributed by atoms with van der Waals surface area (Å²) >= 11 is 6.55. The summed E-state index contributed by atoms with van der Waals surface area (Å²) in [5, 5.41) is 0.176. The minimum absolute atomic E-state index is 0.0616. The lowest BCUT2D eigenvalue weighted by Crippen LogP contribution is -2.50. The highest BCUT2D eigenvalue weighted by atomic mass is 35.5. The number of hydrogen-bond donors (Lipinski definition) is 0. The molecular weight excluding hydrogens is 576 g/mol. The molecule has 0 radical (unpaired) electrons. The molecule has 0 bridgehead atoms. The van der Waals surface area contributed by atoms with Crippen molar-refractivity contribution in [3.05, 3.63) is 85.6 Å². The van der Waals surface area contributed by atoms with Gasteiger partial charge < -0.3 is 9.80 Å². The highest BCUT2D eigenvalue weighted by molar-refractivity contribution is 7.84. The lowest BCUT2D eigenvalue weighted by Gasteiger charge is -2.38. The van der Waals surface area contributed by atoms with Crippen molar-refractivity contribution in [1.29, 1.82) is 0 Å². The number of benzene rings is 2. The van der Waals surface area contributed by atoms with Crippen LogP contribution in [0.25, 0.3) is 11.1 Å². The lowest BCUT2D eigenvalue weighted by atomic mass is 10.0. The molecule has 1 saturated heterocycles. The van der Waals surface area contributed by atoms with Crippen LogP contribution in [0, 0.1) is 0 Å². The molecule has 0 aliphatic carbocycles. The second kappa shape index (κ2) is 12.4. The average Bonchev–Trinajstić information content (AvgIpc) is 3.12. The van der Waals surface area contributed by atoms with E-state index >= 15 is 0 Å². The first-order chi connectivity index (χ1) is 20.1. The largest absolute Gasteiger partial charge is 0.341 e. The zero-order valence-electron chi connectivity index (χ0n) is 24.0. The third-order valence-electron chi connectivity index (χ3n) is 8.23. The fourth-order valence-corrected chi connectivity index (χ4v) is 7.16. The summed E-state index contributed by atoms with van der Waals surface area (Å²) in [6.07, 6.45) is 5.42. The van der Waals surface area contributed by atoms with E-state index in [0.717, 1.165) is 16.6 Å². The van der Waals surface area contributed by atoms with E-state index in [9.17, 15) is 23.4 Å². The van der Waals surface area contributed by atoms with Crippen LogP contribution < -0.4 is 11.2 Å². The number of amides is 2. The maximum atomic E-state index is 13.4. The molecule has 222 valence electrons. The van der Waals surface area contributed by atoms with Gasteiger partial charge >= 0.3 is 5.69 Å². The maximum Gasteiger partial charge on any atom is 0.331 e. The van der Waals surface area contributed by atoms with E-state index < -0.39 is 28.1 Å². The molecule has 3 heterocycles. The van der Waals surface area contributed by atoms with Crippen LogP contribution in [-0.2, 0) is 39.8 Å². The first kappa shape index (κ1) is 30.0. The highest BCUT2D eigenvalue weighted by Gasteiger charge is 2.31. The molecule has 1 unspecified atom stereocenters. The Morgan fingerprint density at radius 2 is 1.67 bits per heavy atom. The maximum absolute atomic E-state index is 13.4. The van der Waals surface area contributed by atoms with Crippen LogP contribution in [0.15, 0.2) is 63.1 Å². The molecule has 11 heteroatoms. The van der Waals surface area contributed by atoms with Gasteiger partial charge in [0.05, 0.1) is 32.7 Å². The monoisotopic (exact) mass is 610 g/mol. The molecule has 2 amide bonds. The summed E-state index contributed by atoms with van der Waals surface area (Å²) in [5.74, 6) is -0.117. The summed E-state index contributed by atoms with van der Waals surface area (Å²) < 4.78 is 14.5. The van der Waals surface area contributed by atoms with Gasteiger partial charge in [-0.2, -0.15) is 0 Å². The van der Waals surface area contributed by atoms with Crippen LogP contribution >= 0.6 is 11.6 Å². The molecular formula is C31H35ClN4O5S. The second-order valence-electron chi connectivity index (χ2n) is 11.2. The summed E-state index contributed by atoms with van der Waals surface area (Å²) in [4.78, 5) is 57.3. The lowest BCUT2D eigenvalue weighted by molar-refractivity contribution is -0.136. The van der Waals surface area contributed by atoms with Gasteiger partial charge in [-0.3, -0.25) is 27.7 Å². The Morgan fingerprint density at radius 3 is 2.33 bits per heavy atom. The van der Waals surface area contributed by atoms with Crippen LogP contribution in [0.4, 0.5) is 0 Å². The standard InChI is InChI=1S/C31H35ClN4O5S/c1-20(2)36-30(39)25(24-9-6-10-26(29(24)32)42(3)41)18-34(31(36)40)19-28(38)33-14-12-23(13-15-33)35-16-11-21-7-4-5-8-22(21)17-27(35)37/h4-10,18,20,23H,11-17,19H2,1-3H3. The molecule has 1 fully saturated rings. The third kappa shape index (κ3) is 5.87. The molecule has 5 rings (SSSR count). The summed E-state index contributed by atoms with van der Waals surface area (Å²) in [6, 6.07) is 12.6. The number of rotatable bonds is 6. The Balaban J connectivity index is 1.34. The molecule has 42 heavy (non-hydrogen) atoms. The molecule has 2 aliphatic rings. The van der Waals surface area contributed by atoms with Gasteiger partial charge in [0.2, 0.25) is 11.8 Å². The van der Waals surface area contributed by atoms with Crippen molar-refractivity contribution in [2.45, 2.75) is 63.1 Å². The molecule has 2 aromatic carbocycles. The number of carbonyl (C=O) groups is 2. The Kier molecular flexibility index (Phi) is 8.84. The summed E-state index contributed by atoms with van der Waals surface area (Å²) in [7, 11) is -1.38. The molecule has 0 saturated carbocycles. The SMILES string of the molecule is CC(C)n1c(=O)c(-c2cccc(S(C)=O)c2Cl)cn(CC(=O)N2CCC(N3CCc4ccccc4CC3=O)CC2)c1=O. The fourth-order valence-electron chi connectivity index (χ4n) is 5.98. The fraction of sp³-hybridized carbons (Fsp3) is 0.419. The number of nitrogens with zero attached hydrogens (tertiary/aromatic N) is 4. The minimum Gasteiger partial charge on any atom is -0.341 e. The van der Waals surface area contributed by atoms with Crippen molar-refractivity contribution in [3.63, 3.8) is 0 Å². The Morgan fingerprint density at radius 1 is 0.976 bits per heavy atom. The average molecular weight is 611 g/mol. The molecule has 1 atom stereocenters. The van der Waals surface area contributed by atoms with Crippen LogP contribution in [0.3, 0.4) is 0 Å². The van der Waals surface area contributed by atoms with Crippen LogP contribution in [-0.4, -0.2) is 66.9 Å². The van der Waals surface area contributed by atoms with E-state index in [1.165, 1.54) is 22.6 Å². The van der Waals surface area contributed by atoms with Crippen molar-refractivity contribution >= 4 is 34.2 Å². The van der Waals surface area contributed by atoms with Gasteiger partial charge in [-0.15, -0.1) is 0 Å². The van der Waals surface area contributed by atoms with Gasteiger partial charge in [-0.05, 0) is 50.3 Å². The predicted octanol–water partition coefficient (Wildman–Crippen LogP) is 3.27. The van der Waals surface area contributed by atoms with E-state index in [1.807, 2.05) is 23.1 Å². The zero-order valence-corrected chi connectivity index (χ0v) is 25.6. The van der Waals surface area contributed by atoms with Crippen molar-refractivity contribution in [2.75, 3.05) is 25.9 Å². The van der Waals surface area contributed by atoms with Crippen molar-refractivity contribution in [2.24, 2.45) is 0 Å². The molecule has 1 aromatic heterocycles. The van der Waals surface area contributed by atoms with Crippen molar-refractivity contribution < 1.29 is 13.8 Å². The number of carbonyl (C=O) groups excluding carboxylic acids is 2. The second-order valence-corrected chi connectivity index (χ2v) is 12.9. The molecule has 2 aliphatic heterocycles. The summed E-state index contributed by atoms with van der Waals surface area (Å²) in [5.41, 5.74) is 1.71. The van der Waals surface area contributed by atoms with Crippen molar-refractivity contribution in [1.82, 2.24) is 18.9 Å². The Labute approximate surface area is 252 Å². The van der Waals surface area contributed by atoms with Gasteiger partial charge in [0.25, 0.3) is 5.56 Å². The van der Waals surface area contributed by atoms with E-state index in [2.05, 4.69) is 6.07 Å². The highest BCUT2D eigenvalue weighted by Crippen LogP contribution is 2.30. The van der Waals surface area contributed by atoms with Gasteiger partial charge in [0.15, 0.2) is 0 Å². The van der Waals surface area contributed by atoms with E-state index in [1.54, 1.807) is 36.9 Å². The Bertz CT molecular complexity index is 1670. The van der Waals surface area contributed by atoms with E-state index in [4.69, 9.17) is 11.6 Å². The van der Waals surface area contributed by atoms with Gasteiger partial charge in [0.1, 0.15) is 6.54 Å². The first-order valence-electron chi connectivity index (χ1n) is 14.2. The third-order valence-corrected chi connectivity index (χ3v) is 9.71. The normalized spacial score (nSPS) is 16.8. The van der Waals surface area contributed by atoms with Crippen molar-refractivity contribution in [3.8, 4) is 11.1 Å². The van der Waals surface area contributed by atoms with Crippen LogP contribution in [0.1, 0.15) is 43.9 Å². The number of likely N-dealkylation sites (tertiary alicyclic amines) is 1. The molecule has 3 aromatic rings. The number of hydrogen-bond acceptors (Lipinski definition) is 5. The number of aromatic nitrogens is 2. The smallest absolute Gasteiger partial charge is 0.331 e. The van der Waals surface area contributed by atoms with Gasteiger partial charge in [0, 0.05) is 49.7 Å². The van der Waals surface area contributed by atoms with Gasteiger partial charge in [-0.1, -0.05) is 48.0 Å². The number of fused-ring (bicyclic) bond motifs is 1. The number of halogens is 1. The molecule has 0 N–H and O–H groups in total. The number of piperidine rings is 1. The molecule has 9 nitrogen and oxygen atoms in total. The molecule has 0 spiro atoms. The quantitative estimate of drug-likeness (QED) is 0.426. The Hall–Kier alpha value is -3.50. The van der Waals surface area contributed by atoms with Crippen LogP contribution in [0.2, 0.25) is 5.02 Å². The predicted molar refractivity (Wildman–Crippen MR) is 163 cm³/mol. The zero-order chi connectivity index (χ0) is 30.1. The van der Waals surface area contributed by atoms with E-state index in [-0.39, 0.29) is 35.0 Å². The van der Waals surface area contributed by atoms with Gasteiger partial charge in [-0.25, -0.2) is 4.79 Å². The van der Waals surface area contributed by atoms with E-state index in [0.29, 0.717) is 49.4 Å². The summed E-state index contributed by atoms with van der Waals surface area (Å²) in [6.45, 7) is 4.83. The topological polar surface area (TPSA) is 102 Å².